The molecule has 13 nitrogen and oxygen atoms in total. The van der Waals surface area contributed by atoms with Crippen molar-refractivity contribution in [2.45, 2.75) is 32.0 Å². The van der Waals surface area contributed by atoms with E-state index in [1.54, 1.807) is 12.1 Å². The Bertz CT molecular complexity index is 1140. The quantitative estimate of drug-likeness (QED) is 0.215. The fourth-order valence-electron chi connectivity index (χ4n) is 4.60. The summed E-state index contributed by atoms with van der Waals surface area (Å²) in [7, 11) is 2.64. The maximum absolute atomic E-state index is 12.5. The molecular weight excluding hydrogens is 680 g/mol. The molecule has 2 heterocycles. The van der Waals surface area contributed by atoms with Crippen molar-refractivity contribution < 1.29 is 73.8 Å². The average Bonchev–Trinajstić information content (AvgIpc) is 2.93. The van der Waals surface area contributed by atoms with E-state index in [0.29, 0.717) is 45.7 Å². The average molecular weight is 715 g/mol. The van der Waals surface area contributed by atoms with Gasteiger partial charge in [0.15, 0.2) is 0 Å². The van der Waals surface area contributed by atoms with Crippen molar-refractivity contribution in [3.8, 4) is 0 Å². The Kier molecular flexibility index (Phi) is 14.6. The van der Waals surface area contributed by atoms with E-state index in [4.69, 9.17) is 14.5 Å². The molecule has 1 N–H and O–H groups in total. The summed E-state index contributed by atoms with van der Waals surface area (Å²) in [6.45, 7) is 2.16. The number of pyridine rings is 1. The second kappa shape index (κ2) is 17.4. The van der Waals surface area contributed by atoms with Crippen molar-refractivity contribution in [1.82, 2.24) is 19.7 Å². The first-order valence-electron chi connectivity index (χ1n) is 12.9. The standard InChI is InChI=1S/C27H35N5O8.Gd/c1-39-25(33)18-29-12-14-31(24(27(35)36)11-8-20-6-9-23(10-7-20)32(37)38)15-13-30(19-26(34)40-2)17-22-5-3-4-21(16-29)28-22;/h3-7,9-10,24H,8,11-19H2,1-2H3,(H,35,36);/q;+3. The summed E-state index contributed by atoms with van der Waals surface area (Å²) in [5, 5.41) is 21.2. The Labute approximate surface area is 270 Å². The van der Waals surface area contributed by atoms with E-state index in [0.717, 1.165) is 17.0 Å². The molecule has 41 heavy (non-hydrogen) atoms. The van der Waals surface area contributed by atoms with Crippen LogP contribution in [0.2, 0.25) is 0 Å². The van der Waals surface area contributed by atoms with Crippen molar-refractivity contribution in [3.63, 3.8) is 0 Å². The number of esters is 2. The fourth-order valence-corrected chi connectivity index (χ4v) is 4.60. The van der Waals surface area contributed by atoms with Crippen LogP contribution >= 0.6 is 0 Å². The number of nitro groups is 1. The van der Waals surface area contributed by atoms with Crippen LogP contribution in [0.25, 0.3) is 0 Å². The zero-order valence-corrected chi connectivity index (χ0v) is 25.4. The van der Waals surface area contributed by atoms with E-state index < -0.39 is 28.9 Å². The number of carboxylic acid groups (broad SMARTS) is 1. The van der Waals surface area contributed by atoms with Crippen LogP contribution in [0.1, 0.15) is 23.4 Å². The predicted octanol–water partition coefficient (Wildman–Crippen LogP) is 1.34. The molecule has 0 aliphatic carbocycles. The summed E-state index contributed by atoms with van der Waals surface area (Å²) >= 11 is 0. The number of benzene rings is 1. The summed E-state index contributed by atoms with van der Waals surface area (Å²) < 4.78 is 9.73. The molecule has 1 radical (unpaired) electrons. The Morgan fingerprint density at radius 3 is 1.88 bits per heavy atom. The van der Waals surface area contributed by atoms with E-state index in [1.165, 1.54) is 26.4 Å². The van der Waals surface area contributed by atoms with Gasteiger partial charge in [-0.15, -0.1) is 0 Å². The number of aromatic nitrogens is 1. The van der Waals surface area contributed by atoms with Gasteiger partial charge in [0.1, 0.15) is 6.04 Å². The number of methoxy groups -OCH3 is 2. The zero-order chi connectivity index (χ0) is 29.1. The van der Waals surface area contributed by atoms with Crippen LogP contribution in [-0.4, -0.2) is 107 Å². The number of aryl methyl sites for hydroxylation is 1. The summed E-state index contributed by atoms with van der Waals surface area (Å²) in [4.78, 5) is 57.5. The molecule has 0 spiro atoms. The van der Waals surface area contributed by atoms with Gasteiger partial charge in [0.05, 0.1) is 43.6 Å². The van der Waals surface area contributed by atoms with E-state index in [-0.39, 0.29) is 65.1 Å². The molecule has 2 aromatic rings. The summed E-state index contributed by atoms with van der Waals surface area (Å²) in [5.41, 5.74) is 2.23. The van der Waals surface area contributed by atoms with Crippen molar-refractivity contribution in [2.75, 3.05) is 53.5 Å². The summed E-state index contributed by atoms with van der Waals surface area (Å²) in [6.07, 6.45) is 0.666. The van der Waals surface area contributed by atoms with Crippen molar-refractivity contribution >= 4 is 23.6 Å². The van der Waals surface area contributed by atoms with Crippen LogP contribution in [0.3, 0.4) is 0 Å². The van der Waals surface area contributed by atoms with Crippen LogP contribution in [0, 0.1) is 50.1 Å². The Hall–Kier alpha value is -2.62. The molecule has 221 valence electrons. The third-order valence-corrected chi connectivity index (χ3v) is 6.78. The van der Waals surface area contributed by atoms with E-state index in [2.05, 4.69) is 0 Å². The number of hydrogen-bond acceptors (Lipinski definition) is 11. The molecule has 0 saturated heterocycles. The van der Waals surface area contributed by atoms with E-state index in [9.17, 15) is 29.6 Å². The molecule has 3 rings (SSSR count). The number of ether oxygens (including phenoxy) is 2. The van der Waals surface area contributed by atoms with Crippen LogP contribution < -0.4 is 0 Å². The SMILES string of the molecule is COC(=O)CN1CCN(C(CCc2ccc([N+](=O)[O-])cc2)C(=O)O)CCN(CC(=O)OC)Cc2cccc(n2)C1.[Gd+3]. The van der Waals surface area contributed by atoms with Gasteiger partial charge in [0, 0.05) is 51.4 Å². The molecule has 0 fully saturated rings. The van der Waals surface area contributed by atoms with Gasteiger partial charge < -0.3 is 14.6 Å². The number of fused-ring (bicyclic) bond motifs is 2. The molecule has 2 bridgehead atoms. The monoisotopic (exact) mass is 715 g/mol. The van der Waals surface area contributed by atoms with Gasteiger partial charge in [-0.25, -0.2) is 0 Å². The normalized spacial score (nSPS) is 15.9. The van der Waals surface area contributed by atoms with Gasteiger partial charge in [-0.2, -0.15) is 0 Å². The predicted molar refractivity (Wildman–Crippen MR) is 143 cm³/mol. The molecule has 1 aliphatic heterocycles. The van der Waals surface area contributed by atoms with Crippen molar-refractivity contribution in [1.29, 1.82) is 0 Å². The van der Waals surface area contributed by atoms with Gasteiger partial charge in [0.2, 0.25) is 0 Å². The maximum atomic E-state index is 12.5. The first-order valence-corrected chi connectivity index (χ1v) is 12.9. The molecule has 1 aromatic carbocycles. The topological polar surface area (TPSA) is 156 Å². The van der Waals surface area contributed by atoms with Gasteiger partial charge in [-0.3, -0.25) is 44.2 Å². The van der Waals surface area contributed by atoms with Gasteiger partial charge in [-0.1, -0.05) is 18.2 Å². The Balaban J connectivity index is 0.00000588. The molecule has 1 atom stereocenters. The van der Waals surface area contributed by atoms with Crippen LogP contribution in [0.15, 0.2) is 42.5 Å². The number of carbonyl (C=O) groups excluding carboxylic acids is 2. The zero-order valence-electron chi connectivity index (χ0n) is 23.1. The number of carboxylic acids is 1. The van der Waals surface area contributed by atoms with Crippen LogP contribution in [0.4, 0.5) is 5.69 Å². The second-order valence-electron chi connectivity index (χ2n) is 9.55. The van der Waals surface area contributed by atoms with Gasteiger partial charge in [0.25, 0.3) is 5.69 Å². The maximum Gasteiger partial charge on any atom is 3.00 e. The minimum Gasteiger partial charge on any atom is -0.480 e. The van der Waals surface area contributed by atoms with E-state index >= 15 is 0 Å². The first-order chi connectivity index (χ1) is 19.2. The minimum atomic E-state index is -1.00. The number of rotatable bonds is 10. The van der Waals surface area contributed by atoms with E-state index in [1.807, 2.05) is 32.9 Å². The third kappa shape index (κ3) is 11.3. The van der Waals surface area contributed by atoms with Crippen LogP contribution in [-0.2, 0) is 43.4 Å². The van der Waals surface area contributed by atoms with Crippen LogP contribution in [0.5, 0.6) is 0 Å². The first kappa shape index (κ1) is 34.6. The molecule has 14 heteroatoms. The molecule has 0 amide bonds. The molecule has 1 aromatic heterocycles. The number of nitro benzene ring substituents is 1. The molecule has 1 unspecified atom stereocenters. The number of nitrogens with zero attached hydrogens (tertiary/aromatic N) is 5. The fraction of sp³-hybridized carbons (Fsp3) is 0.481. The molecule has 1 aliphatic rings. The number of non-ortho nitro benzene ring substituents is 1. The Morgan fingerprint density at radius 2 is 1.44 bits per heavy atom. The number of carbonyl (C=O) groups is 3. The second-order valence-corrected chi connectivity index (χ2v) is 9.55. The summed E-state index contributed by atoms with van der Waals surface area (Å²) in [5.74, 6) is -1.82. The minimum absolute atomic E-state index is 0. The molecule has 0 saturated carbocycles. The smallest absolute Gasteiger partial charge is 0.480 e. The third-order valence-electron chi connectivity index (χ3n) is 6.78. The largest absolute Gasteiger partial charge is 3.00 e. The van der Waals surface area contributed by atoms with Crippen molar-refractivity contribution in [2.24, 2.45) is 0 Å². The van der Waals surface area contributed by atoms with Gasteiger partial charge >= 0.3 is 57.8 Å². The van der Waals surface area contributed by atoms with Crippen molar-refractivity contribution in [3.05, 3.63) is 69.5 Å². The number of aliphatic carboxylic acids is 1. The van der Waals surface area contributed by atoms with Gasteiger partial charge in [-0.05, 0) is 30.5 Å². The Morgan fingerprint density at radius 1 is 0.927 bits per heavy atom. The molecular formula is C27H35GdN5O8+3. The number of hydrogen-bond donors (Lipinski definition) is 1. The summed E-state index contributed by atoms with van der Waals surface area (Å²) in [6, 6.07) is 10.8.